The maximum absolute atomic E-state index is 4.80. The molecule has 4 unspecified atom stereocenters. The third-order valence-corrected chi connectivity index (χ3v) is 10.7. The van der Waals surface area contributed by atoms with Gasteiger partial charge >= 0.3 is 0 Å². The molecule has 10 rings (SSSR count). The Bertz CT molecular complexity index is 2210. The van der Waals surface area contributed by atoms with Gasteiger partial charge in [0, 0.05) is 46.9 Å². The molecule has 4 heteroatoms. The van der Waals surface area contributed by atoms with Crippen molar-refractivity contribution in [1.82, 2.24) is 0 Å². The van der Waals surface area contributed by atoms with Crippen LogP contribution in [0.15, 0.2) is 165 Å². The summed E-state index contributed by atoms with van der Waals surface area (Å²) in [5.74, 6) is 0.378. The molecule has 0 N–H and O–H groups in total. The predicted molar refractivity (Wildman–Crippen MR) is 196 cm³/mol. The molecule has 0 spiro atoms. The molecule has 6 aromatic rings. The summed E-state index contributed by atoms with van der Waals surface area (Å²) in [7, 11) is 0. The SMILES string of the molecule is C=C1CC2c3ccccc3N3C=CN(c4ccccc4)C3C2C2N(c3ccccc3)c3cc4ccccc4cc3N2c2ccccc21. The minimum absolute atomic E-state index is 0.0181. The molecular weight excluding hydrogens is 573 g/mol. The van der Waals surface area contributed by atoms with Crippen LogP contribution in [0.2, 0.25) is 0 Å². The van der Waals surface area contributed by atoms with Crippen molar-refractivity contribution in [3.63, 3.8) is 0 Å². The van der Waals surface area contributed by atoms with Gasteiger partial charge < -0.3 is 19.6 Å². The Kier molecular flexibility index (Phi) is 5.71. The average molecular weight is 607 g/mol. The summed E-state index contributed by atoms with van der Waals surface area (Å²) in [5.41, 5.74) is 11.2. The zero-order valence-electron chi connectivity index (χ0n) is 26.0. The third-order valence-electron chi connectivity index (χ3n) is 10.7. The Labute approximate surface area is 275 Å². The molecular formula is C43H34N4. The van der Waals surface area contributed by atoms with Crippen molar-refractivity contribution in [3.05, 3.63) is 176 Å². The summed E-state index contributed by atoms with van der Waals surface area (Å²) in [5, 5.41) is 2.50. The summed E-state index contributed by atoms with van der Waals surface area (Å²) < 4.78 is 0. The second-order valence-corrected chi connectivity index (χ2v) is 13.1. The molecule has 0 saturated carbocycles. The van der Waals surface area contributed by atoms with Crippen LogP contribution < -0.4 is 19.6 Å². The minimum atomic E-state index is -0.0181. The van der Waals surface area contributed by atoms with Crippen molar-refractivity contribution < 1.29 is 0 Å². The average Bonchev–Trinajstić information content (AvgIpc) is 3.70. The highest BCUT2D eigenvalue weighted by Gasteiger charge is 2.55. The molecule has 4 aliphatic heterocycles. The Balaban J connectivity index is 1.30. The molecule has 4 heterocycles. The molecule has 4 aliphatic rings. The summed E-state index contributed by atoms with van der Waals surface area (Å²) in [6, 6.07) is 53.5. The van der Waals surface area contributed by atoms with Gasteiger partial charge in [-0.15, -0.1) is 0 Å². The molecule has 4 nitrogen and oxygen atoms in total. The fraction of sp³-hybridized carbons (Fsp3) is 0.116. The summed E-state index contributed by atoms with van der Waals surface area (Å²) in [6.45, 7) is 4.80. The molecule has 0 bridgehead atoms. The smallest absolute Gasteiger partial charge is 0.118 e. The van der Waals surface area contributed by atoms with E-state index in [1.165, 1.54) is 61.6 Å². The number of para-hydroxylation sites is 4. The number of hydrogen-bond acceptors (Lipinski definition) is 4. The Morgan fingerprint density at radius 3 is 1.81 bits per heavy atom. The monoisotopic (exact) mass is 606 g/mol. The van der Waals surface area contributed by atoms with Gasteiger partial charge in [0.1, 0.15) is 12.3 Å². The van der Waals surface area contributed by atoms with E-state index >= 15 is 0 Å². The maximum Gasteiger partial charge on any atom is 0.118 e. The first-order valence-corrected chi connectivity index (χ1v) is 16.6. The topological polar surface area (TPSA) is 13.0 Å². The summed E-state index contributed by atoms with van der Waals surface area (Å²) in [6.07, 6.45) is 5.50. The van der Waals surface area contributed by atoms with Crippen LogP contribution in [0.5, 0.6) is 0 Å². The second-order valence-electron chi connectivity index (χ2n) is 13.1. The van der Waals surface area contributed by atoms with Crippen LogP contribution in [-0.4, -0.2) is 12.3 Å². The number of fused-ring (bicyclic) bond motifs is 13. The van der Waals surface area contributed by atoms with Crippen LogP contribution in [0.25, 0.3) is 16.3 Å². The van der Waals surface area contributed by atoms with Crippen LogP contribution in [0.4, 0.5) is 34.1 Å². The third kappa shape index (κ3) is 3.82. The fourth-order valence-electron chi connectivity index (χ4n) is 8.80. The number of rotatable bonds is 2. The zero-order valence-corrected chi connectivity index (χ0v) is 26.0. The van der Waals surface area contributed by atoms with Crippen molar-refractivity contribution in [1.29, 1.82) is 0 Å². The van der Waals surface area contributed by atoms with E-state index in [1.807, 2.05) is 0 Å². The summed E-state index contributed by atoms with van der Waals surface area (Å²) >= 11 is 0. The first-order valence-electron chi connectivity index (χ1n) is 16.6. The highest BCUT2D eigenvalue weighted by molar-refractivity contribution is 6.00. The molecule has 6 aromatic carbocycles. The first-order chi connectivity index (χ1) is 23.3. The number of benzene rings is 6. The molecule has 4 atom stereocenters. The maximum atomic E-state index is 4.80. The van der Waals surface area contributed by atoms with Gasteiger partial charge in [0.2, 0.25) is 0 Å². The number of hydrogen-bond donors (Lipinski definition) is 0. The van der Waals surface area contributed by atoms with Gasteiger partial charge in [0.25, 0.3) is 0 Å². The van der Waals surface area contributed by atoms with Crippen molar-refractivity contribution >= 4 is 50.5 Å². The van der Waals surface area contributed by atoms with E-state index in [1.54, 1.807) is 0 Å². The van der Waals surface area contributed by atoms with E-state index in [0.717, 1.165) is 6.42 Å². The minimum Gasteiger partial charge on any atom is -0.325 e. The van der Waals surface area contributed by atoms with E-state index < -0.39 is 0 Å². The van der Waals surface area contributed by atoms with Crippen LogP contribution in [0, 0.1) is 5.92 Å². The van der Waals surface area contributed by atoms with Gasteiger partial charge in [0.05, 0.1) is 17.1 Å². The lowest BCUT2D eigenvalue weighted by Gasteiger charge is -2.53. The second kappa shape index (κ2) is 10.1. The van der Waals surface area contributed by atoms with Crippen LogP contribution in [-0.2, 0) is 0 Å². The van der Waals surface area contributed by atoms with E-state index in [2.05, 4.69) is 178 Å². The molecule has 0 saturated heterocycles. The van der Waals surface area contributed by atoms with Crippen molar-refractivity contribution in [2.24, 2.45) is 5.92 Å². The largest absolute Gasteiger partial charge is 0.325 e. The van der Waals surface area contributed by atoms with Gasteiger partial charge in [-0.2, -0.15) is 0 Å². The fourth-order valence-corrected chi connectivity index (χ4v) is 8.80. The zero-order chi connectivity index (χ0) is 31.1. The molecule has 0 amide bonds. The Morgan fingerprint density at radius 2 is 1.06 bits per heavy atom. The Morgan fingerprint density at radius 1 is 0.489 bits per heavy atom. The highest BCUT2D eigenvalue weighted by atomic mass is 15.5. The lowest BCUT2D eigenvalue weighted by Crippen LogP contribution is -2.60. The van der Waals surface area contributed by atoms with Crippen molar-refractivity contribution in [2.75, 3.05) is 19.6 Å². The molecule has 0 aromatic heterocycles. The standard InChI is InChI=1S/C43H34N4/c1-29-26-36-35-21-11-12-22-37(35)45-25-24-44(32-16-4-2-5-17-32)42(45)41(36)43-46(33-18-6-3-7-19-33)39-27-30-14-8-9-15-31(30)28-40(39)47(43)38-23-13-10-20-34(29)38/h2-25,27-28,36,41-43H,1,26H2. The molecule has 0 aliphatic carbocycles. The van der Waals surface area contributed by atoms with Gasteiger partial charge in [-0.1, -0.05) is 104 Å². The van der Waals surface area contributed by atoms with Gasteiger partial charge in [0.15, 0.2) is 0 Å². The van der Waals surface area contributed by atoms with Crippen LogP contribution >= 0.6 is 0 Å². The number of anilines is 6. The van der Waals surface area contributed by atoms with Gasteiger partial charge in [-0.25, -0.2) is 0 Å². The van der Waals surface area contributed by atoms with E-state index in [-0.39, 0.29) is 24.2 Å². The summed E-state index contributed by atoms with van der Waals surface area (Å²) in [4.78, 5) is 10.3. The number of allylic oxidation sites excluding steroid dienone is 1. The molecule has 0 radical (unpaired) electrons. The van der Waals surface area contributed by atoms with Gasteiger partial charge in [-0.3, -0.25) is 0 Å². The van der Waals surface area contributed by atoms with Crippen LogP contribution in [0.1, 0.15) is 23.5 Å². The van der Waals surface area contributed by atoms with E-state index in [9.17, 15) is 0 Å². The van der Waals surface area contributed by atoms with E-state index in [4.69, 9.17) is 6.58 Å². The lowest BCUT2D eigenvalue weighted by molar-refractivity contribution is 0.288. The van der Waals surface area contributed by atoms with Crippen molar-refractivity contribution in [3.8, 4) is 0 Å². The predicted octanol–water partition coefficient (Wildman–Crippen LogP) is 10.4. The molecule has 226 valence electrons. The van der Waals surface area contributed by atoms with E-state index in [0.29, 0.717) is 0 Å². The van der Waals surface area contributed by atoms with Crippen molar-refractivity contribution in [2.45, 2.75) is 24.7 Å². The first kappa shape index (κ1) is 26.5. The number of nitrogens with zero attached hydrogens (tertiary/aromatic N) is 4. The lowest BCUT2D eigenvalue weighted by atomic mass is 9.71. The van der Waals surface area contributed by atoms with Crippen LogP contribution in [0.3, 0.4) is 0 Å². The highest BCUT2D eigenvalue weighted by Crippen LogP contribution is 2.60. The Hall–Kier alpha value is -5.74. The van der Waals surface area contributed by atoms with Gasteiger partial charge in [-0.05, 0) is 76.9 Å². The normalized spacial score (nSPS) is 22.2. The molecule has 0 fully saturated rings. The molecule has 47 heavy (non-hydrogen) atoms. The quantitative estimate of drug-likeness (QED) is 0.194.